The molecule has 0 saturated heterocycles. The maximum absolute atomic E-state index is 12.2. The van der Waals surface area contributed by atoms with Gasteiger partial charge < -0.3 is 10.4 Å². The van der Waals surface area contributed by atoms with Crippen LogP contribution in [0.15, 0.2) is 30.5 Å². The van der Waals surface area contributed by atoms with E-state index in [2.05, 4.69) is 10.3 Å². The normalized spacial score (nSPS) is 14.0. The Morgan fingerprint density at radius 3 is 2.70 bits per heavy atom. The molecule has 1 atom stereocenters. The Morgan fingerprint density at radius 1 is 1.40 bits per heavy atom. The lowest BCUT2D eigenvalue weighted by Crippen LogP contribution is -2.40. The van der Waals surface area contributed by atoms with Gasteiger partial charge in [0.15, 0.2) is 0 Å². The predicted octanol–water partition coefficient (Wildman–Crippen LogP) is 2.78. The van der Waals surface area contributed by atoms with Gasteiger partial charge in [0.2, 0.25) is 0 Å². The second-order valence-electron chi connectivity index (χ2n) is 5.04. The van der Waals surface area contributed by atoms with Crippen LogP contribution < -0.4 is 5.32 Å². The number of benzene rings is 1. The van der Waals surface area contributed by atoms with Gasteiger partial charge in [0.05, 0.1) is 11.2 Å². The zero-order chi connectivity index (χ0) is 14.8. The van der Waals surface area contributed by atoms with Crippen LogP contribution in [-0.2, 0) is 0 Å². The van der Waals surface area contributed by atoms with Gasteiger partial charge in [-0.3, -0.25) is 4.79 Å². The maximum atomic E-state index is 12.2. The van der Waals surface area contributed by atoms with E-state index in [-0.39, 0.29) is 12.5 Å². The number of hydrogen-bond donors (Lipinski definition) is 2. The molecule has 0 aliphatic rings. The molecule has 1 heterocycles. The van der Waals surface area contributed by atoms with Gasteiger partial charge in [0.25, 0.3) is 5.91 Å². The molecule has 5 heteroatoms. The van der Waals surface area contributed by atoms with Crippen LogP contribution in [0, 0.1) is 0 Å². The Hall–Kier alpha value is -1.65. The molecule has 0 aliphatic carbocycles. The second-order valence-corrected chi connectivity index (χ2v) is 5.40. The summed E-state index contributed by atoms with van der Waals surface area (Å²) in [5.74, 6) is -0.265. The summed E-state index contributed by atoms with van der Waals surface area (Å²) >= 11 is 6.02. The molecule has 0 fully saturated rings. The first-order chi connectivity index (χ1) is 9.44. The zero-order valence-corrected chi connectivity index (χ0v) is 12.2. The minimum absolute atomic E-state index is 0.194. The van der Waals surface area contributed by atoms with Gasteiger partial charge >= 0.3 is 0 Å². The number of amides is 1. The van der Waals surface area contributed by atoms with Gasteiger partial charge in [-0.25, -0.2) is 4.98 Å². The van der Waals surface area contributed by atoms with Gasteiger partial charge in [-0.2, -0.15) is 0 Å². The van der Waals surface area contributed by atoms with Gasteiger partial charge in [0, 0.05) is 18.1 Å². The molecule has 1 unspecified atom stereocenters. The van der Waals surface area contributed by atoms with Crippen molar-refractivity contribution in [2.24, 2.45) is 0 Å². The highest BCUT2D eigenvalue weighted by Crippen LogP contribution is 2.24. The fourth-order valence-electron chi connectivity index (χ4n) is 1.83. The van der Waals surface area contributed by atoms with E-state index in [4.69, 9.17) is 11.6 Å². The van der Waals surface area contributed by atoms with Crippen molar-refractivity contribution in [3.05, 3.63) is 41.2 Å². The molecule has 0 aliphatic heterocycles. The molecule has 0 radical (unpaired) electrons. The predicted molar refractivity (Wildman–Crippen MR) is 80.0 cm³/mol. The highest BCUT2D eigenvalue weighted by atomic mass is 35.5. The highest BCUT2D eigenvalue weighted by Gasteiger charge is 2.20. The molecular weight excluding hydrogens is 276 g/mol. The van der Waals surface area contributed by atoms with Crippen molar-refractivity contribution in [1.82, 2.24) is 10.3 Å². The number of carbonyl (C=O) groups is 1. The van der Waals surface area contributed by atoms with Crippen molar-refractivity contribution >= 4 is 28.3 Å². The van der Waals surface area contributed by atoms with Crippen molar-refractivity contribution in [3.8, 4) is 0 Å². The second kappa shape index (κ2) is 5.77. The summed E-state index contributed by atoms with van der Waals surface area (Å²) in [4.78, 5) is 16.3. The third kappa shape index (κ3) is 3.08. The van der Waals surface area contributed by atoms with E-state index in [1.54, 1.807) is 6.92 Å². The first kappa shape index (κ1) is 14.8. The third-order valence-electron chi connectivity index (χ3n) is 3.38. The molecule has 2 aromatic rings. The lowest BCUT2D eigenvalue weighted by atomic mass is 10.0. The van der Waals surface area contributed by atoms with Crippen molar-refractivity contribution < 1.29 is 9.90 Å². The number of nitrogens with one attached hydrogen (secondary N) is 1. The van der Waals surface area contributed by atoms with Crippen molar-refractivity contribution in [2.45, 2.75) is 25.9 Å². The van der Waals surface area contributed by atoms with Crippen LogP contribution in [0.1, 0.15) is 30.6 Å². The van der Waals surface area contributed by atoms with Crippen molar-refractivity contribution in [2.75, 3.05) is 6.54 Å². The van der Waals surface area contributed by atoms with Gasteiger partial charge in [-0.15, -0.1) is 0 Å². The van der Waals surface area contributed by atoms with E-state index >= 15 is 0 Å². The molecular formula is C15H17ClN2O2. The fraction of sp³-hybridized carbons (Fsp3) is 0.333. The van der Waals surface area contributed by atoms with E-state index in [9.17, 15) is 9.90 Å². The summed E-state index contributed by atoms with van der Waals surface area (Å²) in [6.45, 7) is 3.75. The van der Waals surface area contributed by atoms with Gasteiger partial charge in [-0.1, -0.05) is 42.8 Å². The lowest BCUT2D eigenvalue weighted by Gasteiger charge is -2.21. The van der Waals surface area contributed by atoms with Gasteiger partial charge in [-0.05, 0) is 18.7 Å². The topological polar surface area (TPSA) is 62.2 Å². The molecule has 0 saturated carbocycles. The molecule has 2 N–H and O–H groups in total. The van der Waals surface area contributed by atoms with Crippen LogP contribution in [0.3, 0.4) is 0 Å². The maximum Gasteiger partial charge on any atom is 0.253 e. The van der Waals surface area contributed by atoms with Crippen LogP contribution in [0.5, 0.6) is 0 Å². The molecule has 106 valence electrons. The quantitative estimate of drug-likeness (QED) is 0.852. The van der Waals surface area contributed by atoms with E-state index in [0.29, 0.717) is 17.1 Å². The minimum Gasteiger partial charge on any atom is -0.388 e. The Balaban J connectivity index is 2.29. The Labute approximate surface area is 122 Å². The highest BCUT2D eigenvalue weighted by molar-refractivity contribution is 6.34. The number of aromatic nitrogens is 1. The number of carbonyl (C=O) groups excluding carboxylic acids is 1. The van der Waals surface area contributed by atoms with E-state index in [1.165, 1.54) is 6.20 Å². The summed E-state index contributed by atoms with van der Waals surface area (Å²) in [7, 11) is 0. The summed E-state index contributed by atoms with van der Waals surface area (Å²) in [5, 5.41) is 14.5. The molecule has 1 aromatic carbocycles. The number of rotatable bonds is 4. The molecule has 0 spiro atoms. The Kier molecular flexibility index (Phi) is 4.26. The average Bonchev–Trinajstić information content (AvgIpc) is 2.46. The summed E-state index contributed by atoms with van der Waals surface area (Å²) in [6, 6.07) is 7.34. The molecule has 4 nitrogen and oxygen atoms in total. The number of halogens is 1. The SMILES string of the molecule is CCC(C)(O)CNC(=O)c1cnc(Cl)c2ccccc12. The van der Waals surface area contributed by atoms with Crippen LogP contribution in [0.25, 0.3) is 10.8 Å². The first-order valence-electron chi connectivity index (χ1n) is 6.48. The number of hydrogen-bond acceptors (Lipinski definition) is 3. The smallest absolute Gasteiger partial charge is 0.253 e. The molecule has 1 amide bonds. The van der Waals surface area contributed by atoms with Crippen LogP contribution in [0.4, 0.5) is 0 Å². The zero-order valence-electron chi connectivity index (χ0n) is 11.5. The first-order valence-corrected chi connectivity index (χ1v) is 6.86. The van der Waals surface area contributed by atoms with Crippen LogP contribution >= 0.6 is 11.6 Å². The largest absolute Gasteiger partial charge is 0.388 e. The van der Waals surface area contributed by atoms with Crippen molar-refractivity contribution in [3.63, 3.8) is 0 Å². The molecule has 1 aromatic heterocycles. The van der Waals surface area contributed by atoms with E-state index in [0.717, 1.165) is 10.8 Å². The number of fused-ring (bicyclic) bond motifs is 1. The van der Waals surface area contributed by atoms with Gasteiger partial charge in [0.1, 0.15) is 5.15 Å². The Bertz CT molecular complexity index is 641. The standard InChI is InChI=1S/C15H17ClN2O2/c1-3-15(2,20)9-18-14(19)12-8-17-13(16)11-7-5-4-6-10(11)12/h4-8,20H,3,9H2,1-2H3,(H,18,19). The van der Waals surface area contributed by atoms with Crippen LogP contribution in [-0.4, -0.2) is 28.1 Å². The summed E-state index contributed by atoms with van der Waals surface area (Å²) in [5.41, 5.74) is -0.456. The number of pyridine rings is 1. The molecule has 2 rings (SSSR count). The van der Waals surface area contributed by atoms with E-state index < -0.39 is 5.60 Å². The van der Waals surface area contributed by atoms with E-state index in [1.807, 2.05) is 31.2 Å². The van der Waals surface area contributed by atoms with Crippen molar-refractivity contribution in [1.29, 1.82) is 0 Å². The Morgan fingerprint density at radius 2 is 2.05 bits per heavy atom. The molecule has 0 bridgehead atoms. The summed E-state index contributed by atoms with van der Waals surface area (Å²) < 4.78 is 0. The average molecular weight is 293 g/mol. The minimum atomic E-state index is -0.911. The lowest BCUT2D eigenvalue weighted by molar-refractivity contribution is 0.0518. The fourth-order valence-corrected chi connectivity index (χ4v) is 2.04. The summed E-state index contributed by atoms with van der Waals surface area (Å²) in [6.07, 6.45) is 2.02. The number of nitrogens with zero attached hydrogens (tertiary/aromatic N) is 1. The monoisotopic (exact) mass is 292 g/mol. The molecule has 20 heavy (non-hydrogen) atoms. The third-order valence-corrected chi connectivity index (χ3v) is 3.68. The van der Waals surface area contributed by atoms with Crippen LogP contribution in [0.2, 0.25) is 5.15 Å². The number of aliphatic hydroxyl groups is 1.